The maximum Gasteiger partial charge on any atom is 0.252 e. The van der Waals surface area contributed by atoms with E-state index in [0.717, 1.165) is 6.54 Å². The molecule has 0 aromatic carbocycles. The normalized spacial score (nSPS) is 16.5. The molecule has 1 aromatic heterocycles. The Morgan fingerprint density at radius 1 is 1.44 bits per heavy atom. The summed E-state index contributed by atoms with van der Waals surface area (Å²) < 4.78 is 0. The van der Waals surface area contributed by atoms with Gasteiger partial charge >= 0.3 is 0 Å². The first kappa shape index (κ1) is 13.1. The summed E-state index contributed by atoms with van der Waals surface area (Å²) in [5.41, 5.74) is 5.96. The van der Waals surface area contributed by atoms with Crippen LogP contribution in [0.15, 0.2) is 12.3 Å². The third-order valence-electron chi connectivity index (χ3n) is 3.40. The fraction of sp³-hybridized carbons (Fsp3) is 0.538. The molecule has 1 aromatic rings. The minimum absolute atomic E-state index is 0.167. The van der Waals surface area contributed by atoms with Crippen LogP contribution in [0.4, 0.5) is 5.82 Å². The molecule has 1 aliphatic carbocycles. The van der Waals surface area contributed by atoms with Crippen molar-refractivity contribution in [2.75, 3.05) is 12.3 Å². The third kappa shape index (κ3) is 3.35. The minimum atomic E-state index is -0.167. The van der Waals surface area contributed by atoms with Crippen LogP contribution in [-0.4, -0.2) is 17.4 Å². The second-order valence-corrected chi connectivity index (χ2v) is 5.21. The first-order valence-electron chi connectivity index (χ1n) is 6.36. The summed E-state index contributed by atoms with van der Waals surface area (Å²) in [4.78, 5) is 15.8. The van der Waals surface area contributed by atoms with Crippen molar-refractivity contribution in [1.29, 1.82) is 0 Å². The van der Waals surface area contributed by atoms with Crippen LogP contribution >= 0.6 is 11.6 Å². The molecule has 0 aliphatic heterocycles. The highest BCUT2D eigenvalue weighted by Crippen LogP contribution is 2.23. The molecular formula is C13H18ClN3O. The number of hydrogen-bond acceptors (Lipinski definition) is 3. The monoisotopic (exact) mass is 267 g/mol. The standard InChI is InChI=1S/C13H18ClN3O/c14-11-8-16-12(15)6-10(11)13(18)17-7-9-4-2-1-3-5-9/h6,8-9H,1-5,7H2,(H2,15,16)(H,17,18). The Morgan fingerprint density at radius 3 is 2.89 bits per heavy atom. The van der Waals surface area contributed by atoms with E-state index in [1.54, 1.807) is 0 Å². The number of aromatic nitrogens is 1. The zero-order valence-electron chi connectivity index (χ0n) is 10.3. The van der Waals surface area contributed by atoms with E-state index in [0.29, 0.717) is 22.3 Å². The Kier molecular flexibility index (Phi) is 4.42. The van der Waals surface area contributed by atoms with Crippen LogP contribution in [-0.2, 0) is 0 Å². The SMILES string of the molecule is Nc1cc(C(=O)NCC2CCCCC2)c(Cl)cn1. The van der Waals surface area contributed by atoms with Crippen LogP contribution in [0.3, 0.4) is 0 Å². The molecule has 1 saturated carbocycles. The highest BCUT2D eigenvalue weighted by atomic mass is 35.5. The molecule has 0 spiro atoms. The van der Waals surface area contributed by atoms with Gasteiger partial charge in [0.05, 0.1) is 10.6 Å². The number of nitrogens with one attached hydrogen (secondary N) is 1. The second-order valence-electron chi connectivity index (χ2n) is 4.80. The van der Waals surface area contributed by atoms with Gasteiger partial charge in [0.1, 0.15) is 5.82 Å². The predicted molar refractivity (Wildman–Crippen MR) is 72.6 cm³/mol. The molecule has 1 aliphatic rings. The largest absolute Gasteiger partial charge is 0.384 e. The number of pyridine rings is 1. The molecule has 18 heavy (non-hydrogen) atoms. The van der Waals surface area contributed by atoms with Crippen molar-refractivity contribution >= 4 is 23.3 Å². The van der Waals surface area contributed by atoms with Crippen molar-refractivity contribution in [3.63, 3.8) is 0 Å². The first-order chi connectivity index (χ1) is 8.66. The summed E-state index contributed by atoms with van der Waals surface area (Å²) in [7, 11) is 0. The fourth-order valence-electron chi connectivity index (χ4n) is 2.35. The van der Waals surface area contributed by atoms with E-state index in [4.69, 9.17) is 17.3 Å². The summed E-state index contributed by atoms with van der Waals surface area (Å²) in [6, 6.07) is 1.51. The van der Waals surface area contributed by atoms with Crippen LogP contribution in [0, 0.1) is 5.92 Å². The highest BCUT2D eigenvalue weighted by Gasteiger charge is 2.16. The van der Waals surface area contributed by atoms with E-state index < -0.39 is 0 Å². The lowest BCUT2D eigenvalue weighted by Gasteiger charge is -2.21. The van der Waals surface area contributed by atoms with Crippen molar-refractivity contribution in [1.82, 2.24) is 10.3 Å². The summed E-state index contributed by atoms with van der Waals surface area (Å²) >= 11 is 5.93. The lowest BCUT2D eigenvalue weighted by Crippen LogP contribution is -2.30. The van der Waals surface area contributed by atoms with E-state index in [9.17, 15) is 4.79 Å². The quantitative estimate of drug-likeness (QED) is 0.885. The number of halogens is 1. The first-order valence-corrected chi connectivity index (χ1v) is 6.74. The van der Waals surface area contributed by atoms with Crippen LogP contribution in [0.25, 0.3) is 0 Å². The molecule has 0 atom stereocenters. The number of nitrogens with zero attached hydrogens (tertiary/aromatic N) is 1. The number of carbonyl (C=O) groups is 1. The maximum absolute atomic E-state index is 12.0. The molecule has 0 unspecified atom stereocenters. The number of anilines is 1. The molecule has 4 nitrogen and oxygen atoms in total. The van der Waals surface area contributed by atoms with Crippen molar-refractivity contribution in [2.24, 2.45) is 5.92 Å². The van der Waals surface area contributed by atoms with E-state index in [1.807, 2.05) is 0 Å². The van der Waals surface area contributed by atoms with Crippen molar-refractivity contribution in [3.05, 3.63) is 22.8 Å². The number of carbonyl (C=O) groups excluding carboxylic acids is 1. The summed E-state index contributed by atoms with van der Waals surface area (Å²) in [5, 5.41) is 3.27. The van der Waals surface area contributed by atoms with Gasteiger partial charge in [-0.05, 0) is 24.8 Å². The Bertz CT molecular complexity index is 430. The van der Waals surface area contributed by atoms with Crippen LogP contribution in [0.1, 0.15) is 42.5 Å². The fourth-order valence-corrected chi connectivity index (χ4v) is 2.54. The van der Waals surface area contributed by atoms with Crippen molar-refractivity contribution in [2.45, 2.75) is 32.1 Å². The molecule has 0 saturated heterocycles. The molecule has 2 rings (SSSR count). The molecule has 1 heterocycles. The summed E-state index contributed by atoms with van der Waals surface area (Å²) in [5.74, 6) is 0.738. The van der Waals surface area contributed by atoms with Gasteiger partial charge in [0.15, 0.2) is 0 Å². The molecule has 1 amide bonds. The minimum Gasteiger partial charge on any atom is -0.384 e. The van der Waals surface area contributed by atoms with Crippen LogP contribution < -0.4 is 11.1 Å². The van der Waals surface area contributed by atoms with Crippen molar-refractivity contribution in [3.8, 4) is 0 Å². The lowest BCUT2D eigenvalue weighted by atomic mass is 9.89. The van der Waals surface area contributed by atoms with E-state index in [-0.39, 0.29) is 5.91 Å². The van der Waals surface area contributed by atoms with Gasteiger partial charge in [0.2, 0.25) is 0 Å². The number of amides is 1. The van der Waals surface area contributed by atoms with E-state index >= 15 is 0 Å². The maximum atomic E-state index is 12.0. The smallest absolute Gasteiger partial charge is 0.252 e. The van der Waals surface area contributed by atoms with Gasteiger partial charge < -0.3 is 11.1 Å². The molecule has 3 N–H and O–H groups in total. The van der Waals surface area contributed by atoms with Gasteiger partial charge in [-0.2, -0.15) is 0 Å². The average Bonchev–Trinajstić information content (AvgIpc) is 2.40. The summed E-state index contributed by atoms with van der Waals surface area (Å²) in [6.07, 6.45) is 7.66. The molecular weight excluding hydrogens is 250 g/mol. The van der Waals surface area contributed by atoms with Gasteiger partial charge in [-0.15, -0.1) is 0 Å². The molecule has 5 heteroatoms. The predicted octanol–water partition coefficient (Wildman–Crippen LogP) is 2.63. The number of nitrogen functional groups attached to an aromatic ring is 1. The Morgan fingerprint density at radius 2 is 2.17 bits per heavy atom. The number of rotatable bonds is 3. The van der Waals surface area contributed by atoms with Gasteiger partial charge in [0.25, 0.3) is 5.91 Å². The zero-order valence-corrected chi connectivity index (χ0v) is 11.0. The number of nitrogens with two attached hydrogens (primary N) is 1. The molecule has 0 bridgehead atoms. The second kappa shape index (κ2) is 6.05. The van der Waals surface area contributed by atoms with Crippen LogP contribution in [0.2, 0.25) is 5.02 Å². The Labute approximate surface area is 112 Å². The van der Waals surface area contributed by atoms with Crippen molar-refractivity contribution < 1.29 is 4.79 Å². The van der Waals surface area contributed by atoms with Gasteiger partial charge in [-0.3, -0.25) is 4.79 Å². The highest BCUT2D eigenvalue weighted by molar-refractivity contribution is 6.33. The molecule has 1 fully saturated rings. The molecule has 0 radical (unpaired) electrons. The Balaban J connectivity index is 1.92. The van der Waals surface area contributed by atoms with Crippen LogP contribution in [0.5, 0.6) is 0 Å². The topological polar surface area (TPSA) is 68.0 Å². The van der Waals surface area contributed by atoms with Gasteiger partial charge in [0, 0.05) is 12.7 Å². The van der Waals surface area contributed by atoms with Gasteiger partial charge in [-0.25, -0.2) is 4.98 Å². The van der Waals surface area contributed by atoms with E-state index in [1.165, 1.54) is 44.4 Å². The van der Waals surface area contributed by atoms with E-state index in [2.05, 4.69) is 10.3 Å². The third-order valence-corrected chi connectivity index (χ3v) is 3.70. The molecule has 98 valence electrons. The van der Waals surface area contributed by atoms with Gasteiger partial charge in [-0.1, -0.05) is 30.9 Å². The lowest BCUT2D eigenvalue weighted by molar-refractivity contribution is 0.0943. The number of hydrogen-bond donors (Lipinski definition) is 2. The average molecular weight is 268 g/mol. The Hall–Kier alpha value is -1.29. The zero-order chi connectivity index (χ0) is 13.0. The summed E-state index contributed by atoms with van der Waals surface area (Å²) in [6.45, 7) is 0.720.